The van der Waals surface area contributed by atoms with E-state index in [0.717, 1.165) is 83.5 Å². The molecule has 1 heterocycles. The molecule has 8 atom stereocenters. The molecule has 0 aromatic heterocycles. The molecule has 72 heavy (non-hydrogen) atoms. The van der Waals surface area contributed by atoms with Gasteiger partial charge in [0.15, 0.2) is 12.4 Å². The van der Waals surface area contributed by atoms with E-state index in [1.807, 2.05) is 6.08 Å². The first-order valence-corrected chi connectivity index (χ1v) is 29.6. The Morgan fingerprint density at radius 3 is 1.46 bits per heavy atom. The van der Waals surface area contributed by atoms with E-state index in [9.17, 15) is 35.1 Å². The Morgan fingerprint density at radius 2 is 0.958 bits per heavy atom. The van der Waals surface area contributed by atoms with Crippen molar-refractivity contribution >= 4 is 11.9 Å². The fourth-order valence-corrected chi connectivity index (χ4v) is 8.93. The second kappa shape index (κ2) is 49.2. The number of hydrogen-bond acceptors (Lipinski definition) is 10. The van der Waals surface area contributed by atoms with Crippen LogP contribution in [-0.4, -0.2) is 99.6 Å². The summed E-state index contributed by atoms with van der Waals surface area (Å²) in [5.74, 6) is -1.21. The topological polar surface area (TPSA) is 175 Å². The van der Waals surface area contributed by atoms with Crippen LogP contribution in [0.25, 0.3) is 0 Å². The molecule has 1 rings (SSSR count). The molecule has 0 aromatic carbocycles. The number of aliphatic hydroxyl groups excluding tert-OH is 5. The predicted molar refractivity (Wildman–Crippen MR) is 296 cm³/mol. The summed E-state index contributed by atoms with van der Waals surface area (Å²) < 4.78 is 17.5. The molecular weight excluding hydrogens is 907 g/mol. The Labute approximate surface area is 439 Å². The predicted octanol–water partition coefficient (Wildman–Crippen LogP) is 13.4. The number of carbonyl (C=O) groups excluding carboxylic acids is 2. The molecule has 0 saturated carbocycles. The van der Waals surface area contributed by atoms with Crippen LogP contribution >= 0.6 is 0 Å². The minimum Gasteiger partial charge on any atom is -0.454 e. The largest absolute Gasteiger partial charge is 0.454 e. The van der Waals surface area contributed by atoms with Crippen molar-refractivity contribution in [2.75, 3.05) is 13.2 Å². The molecule has 1 amide bonds. The van der Waals surface area contributed by atoms with Gasteiger partial charge in [-0.25, -0.2) is 0 Å². The number of hydrogen-bond donors (Lipinski definition) is 6. The van der Waals surface area contributed by atoms with Crippen LogP contribution in [0.15, 0.2) is 60.8 Å². The first-order chi connectivity index (χ1) is 35.2. The lowest BCUT2D eigenvalue weighted by molar-refractivity contribution is -0.305. The highest BCUT2D eigenvalue weighted by atomic mass is 16.7. The van der Waals surface area contributed by atoms with Gasteiger partial charge in [0, 0.05) is 6.42 Å². The number of rotatable bonds is 49. The third-order valence-electron chi connectivity index (χ3n) is 13.7. The van der Waals surface area contributed by atoms with Gasteiger partial charge in [-0.1, -0.05) is 236 Å². The number of allylic oxidation sites excluding steroid dienone is 9. The summed E-state index contributed by atoms with van der Waals surface area (Å²) in [6.07, 6.45) is 49.8. The lowest BCUT2D eigenvalue weighted by Crippen LogP contribution is -2.61. The van der Waals surface area contributed by atoms with Crippen molar-refractivity contribution in [1.82, 2.24) is 5.32 Å². The molecule has 1 fully saturated rings. The summed E-state index contributed by atoms with van der Waals surface area (Å²) in [6, 6.07) is -1.03. The van der Waals surface area contributed by atoms with Crippen LogP contribution in [0.4, 0.5) is 0 Å². The van der Waals surface area contributed by atoms with Gasteiger partial charge in [-0.15, -0.1) is 0 Å². The van der Waals surface area contributed by atoms with E-state index in [-0.39, 0.29) is 19.4 Å². The van der Waals surface area contributed by atoms with Crippen LogP contribution in [0.5, 0.6) is 0 Å². The molecule has 1 saturated heterocycles. The Balaban J connectivity index is 2.72. The van der Waals surface area contributed by atoms with E-state index in [0.29, 0.717) is 12.8 Å². The van der Waals surface area contributed by atoms with E-state index in [4.69, 9.17) is 14.2 Å². The summed E-state index contributed by atoms with van der Waals surface area (Å²) >= 11 is 0. The Bertz CT molecular complexity index is 1400. The van der Waals surface area contributed by atoms with Gasteiger partial charge in [-0.2, -0.15) is 0 Å². The normalized spacial score (nSPS) is 19.9. The highest BCUT2D eigenvalue weighted by molar-refractivity contribution is 5.80. The van der Waals surface area contributed by atoms with Crippen LogP contribution in [0, 0.1) is 0 Å². The third kappa shape index (κ3) is 37.1. The van der Waals surface area contributed by atoms with Crippen LogP contribution < -0.4 is 5.32 Å². The van der Waals surface area contributed by atoms with Crippen molar-refractivity contribution in [3.63, 3.8) is 0 Å². The standard InChI is InChI=1S/C61H109NO10/c1-4-7-10-13-16-19-22-24-25-26-27-28-29-30-31-34-36-39-42-45-48-54(65)60(69)62-52(53(64)47-44-41-38-35-33-23-20-17-14-11-8-5-2)51-70-61-59(58(68)57(67)55(50-63)71-61)72-56(66)49-46-43-40-37-32-21-18-15-12-9-6-3/h16,19,24-25,27-28,30-31,44,47,52-55,57-59,61,63-65,67-68H,4-15,17-18,20-23,26,29,32-43,45-46,48-51H2,1-3H3,(H,62,69)/b19-16-,25-24-,28-27-,31-30-,47-44+. The molecule has 0 spiro atoms. The Hall–Kier alpha value is -2.64. The number of esters is 1. The highest BCUT2D eigenvalue weighted by Gasteiger charge is 2.47. The molecule has 0 radical (unpaired) electrons. The molecule has 11 nitrogen and oxygen atoms in total. The van der Waals surface area contributed by atoms with E-state index in [2.05, 4.69) is 74.7 Å². The molecule has 0 aromatic rings. The van der Waals surface area contributed by atoms with Gasteiger partial charge in [0.2, 0.25) is 5.91 Å². The smallest absolute Gasteiger partial charge is 0.306 e. The van der Waals surface area contributed by atoms with E-state index in [1.165, 1.54) is 122 Å². The van der Waals surface area contributed by atoms with Gasteiger partial charge < -0.3 is 45.1 Å². The molecule has 11 heteroatoms. The first-order valence-electron chi connectivity index (χ1n) is 29.6. The summed E-state index contributed by atoms with van der Waals surface area (Å²) in [5.41, 5.74) is 0. The number of amides is 1. The van der Waals surface area contributed by atoms with Crippen molar-refractivity contribution in [3.8, 4) is 0 Å². The maximum Gasteiger partial charge on any atom is 0.306 e. The van der Waals surface area contributed by atoms with Crippen molar-refractivity contribution in [2.24, 2.45) is 0 Å². The van der Waals surface area contributed by atoms with Crippen molar-refractivity contribution < 1.29 is 49.3 Å². The summed E-state index contributed by atoms with van der Waals surface area (Å²) in [7, 11) is 0. The zero-order chi connectivity index (χ0) is 52.5. The minimum atomic E-state index is -1.61. The van der Waals surface area contributed by atoms with Crippen LogP contribution in [0.1, 0.15) is 252 Å². The van der Waals surface area contributed by atoms with Crippen LogP contribution in [0.3, 0.4) is 0 Å². The fourth-order valence-electron chi connectivity index (χ4n) is 8.93. The molecule has 1 aliphatic rings. The molecular formula is C61H109NO10. The minimum absolute atomic E-state index is 0.122. The zero-order valence-electron chi connectivity index (χ0n) is 46.0. The lowest BCUT2D eigenvalue weighted by atomic mass is 9.99. The Morgan fingerprint density at radius 1 is 0.542 bits per heavy atom. The van der Waals surface area contributed by atoms with Gasteiger partial charge in [0.05, 0.1) is 25.4 Å². The maximum atomic E-state index is 13.4. The lowest BCUT2D eigenvalue weighted by Gasteiger charge is -2.41. The Kier molecular flexibility index (Phi) is 46.1. The zero-order valence-corrected chi connectivity index (χ0v) is 46.0. The van der Waals surface area contributed by atoms with Gasteiger partial charge >= 0.3 is 5.97 Å². The van der Waals surface area contributed by atoms with E-state index >= 15 is 0 Å². The van der Waals surface area contributed by atoms with Crippen molar-refractivity contribution in [3.05, 3.63) is 60.8 Å². The summed E-state index contributed by atoms with van der Waals surface area (Å²) in [4.78, 5) is 26.4. The van der Waals surface area contributed by atoms with Crippen LogP contribution in [0.2, 0.25) is 0 Å². The second-order valence-electron chi connectivity index (χ2n) is 20.4. The van der Waals surface area contributed by atoms with E-state index in [1.54, 1.807) is 6.08 Å². The number of aliphatic hydroxyl groups is 5. The van der Waals surface area contributed by atoms with Crippen LogP contribution in [-0.2, 0) is 23.8 Å². The van der Waals surface area contributed by atoms with Gasteiger partial charge in [-0.05, 0) is 70.6 Å². The molecule has 0 aliphatic carbocycles. The van der Waals surface area contributed by atoms with E-state index < -0.39 is 67.4 Å². The quantitative estimate of drug-likeness (QED) is 0.0195. The van der Waals surface area contributed by atoms with Crippen molar-refractivity contribution in [1.29, 1.82) is 0 Å². The summed E-state index contributed by atoms with van der Waals surface area (Å²) in [5, 5.41) is 56.8. The fraction of sp³-hybridized carbons (Fsp3) is 0.803. The number of carbonyl (C=O) groups is 2. The number of ether oxygens (including phenoxy) is 3. The summed E-state index contributed by atoms with van der Waals surface area (Å²) in [6.45, 7) is 5.72. The SMILES string of the molecule is CCCCC/C=C\C/C=C\C/C=C\C/C=C\CCCCCCC(O)C(=O)NC(COC1OC(CO)C(O)C(O)C1OC(=O)CCCCCCCCCCCCC)C(O)/C=C/CCCCCCCCCCCC. The average Bonchev–Trinajstić information content (AvgIpc) is 3.38. The van der Waals surface area contributed by atoms with Gasteiger partial charge in [0.1, 0.15) is 24.4 Å². The molecule has 418 valence electrons. The second-order valence-corrected chi connectivity index (χ2v) is 20.4. The average molecular weight is 1020 g/mol. The van der Waals surface area contributed by atoms with Gasteiger partial charge in [-0.3, -0.25) is 9.59 Å². The molecule has 8 unspecified atom stereocenters. The number of nitrogens with one attached hydrogen (secondary N) is 1. The van der Waals surface area contributed by atoms with Gasteiger partial charge in [0.25, 0.3) is 0 Å². The first kappa shape index (κ1) is 67.4. The molecule has 1 aliphatic heterocycles. The highest BCUT2D eigenvalue weighted by Crippen LogP contribution is 2.26. The molecule has 6 N–H and O–H groups in total. The third-order valence-corrected chi connectivity index (χ3v) is 13.7. The van der Waals surface area contributed by atoms with Crippen molar-refractivity contribution in [2.45, 2.75) is 301 Å². The monoisotopic (exact) mass is 1020 g/mol. The maximum absolute atomic E-state index is 13.4. The number of unbranched alkanes of at least 4 members (excludes halogenated alkanes) is 27. The molecule has 0 bridgehead atoms.